The van der Waals surface area contributed by atoms with E-state index < -0.39 is 0 Å². The number of hydrogen-bond acceptors (Lipinski definition) is 3. The molecule has 2 heterocycles. The minimum atomic E-state index is 0.117. The summed E-state index contributed by atoms with van der Waals surface area (Å²) in [5, 5.41) is 3.12. The van der Waals surface area contributed by atoms with Crippen molar-refractivity contribution in [1.29, 1.82) is 0 Å². The van der Waals surface area contributed by atoms with Crippen molar-refractivity contribution in [3.05, 3.63) is 12.2 Å². The van der Waals surface area contributed by atoms with Gasteiger partial charge in [0.1, 0.15) is 0 Å². The van der Waals surface area contributed by atoms with Crippen LogP contribution in [0.15, 0.2) is 12.2 Å². The lowest BCUT2D eigenvalue weighted by molar-refractivity contribution is 0.0560. The first kappa shape index (κ1) is 15.8. The minimum Gasteiger partial charge on any atom is -0.377 e. The molecule has 0 spiro atoms. The van der Waals surface area contributed by atoms with E-state index in [0.717, 1.165) is 58.7 Å². The van der Waals surface area contributed by atoms with E-state index in [1.165, 1.54) is 19.3 Å². The molecule has 3 rings (SSSR count). The molecule has 0 bridgehead atoms. The Bertz CT molecular complexity index is 385. The summed E-state index contributed by atoms with van der Waals surface area (Å²) in [5.41, 5.74) is 0. The van der Waals surface area contributed by atoms with Gasteiger partial charge in [-0.05, 0) is 38.0 Å². The molecule has 2 amide bonds. The third-order valence-electron chi connectivity index (χ3n) is 5.06. The van der Waals surface area contributed by atoms with Crippen molar-refractivity contribution in [2.24, 2.45) is 5.92 Å². The Hall–Kier alpha value is -1.07. The van der Waals surface area contributed by atoms with E-state index in [2.05, 4.69) is 22.4 Å². The van der Waals surface area contributed by atoms with Crippen molar-refractivity contribution in [3.8, 4) is 0 Å². The first-order valence-corrected chi connectivity index (χ1v) is 8.83. The molecule has 0 aromatic carbocycles. The van der Waals surface area contributed by atoms with E-state index in [4.69, 9.17) is 4.74 Å². The molecule has 2 saturated heterocycles. The maximum absolute atomic E-state index is 12.2. The second-order valence-electron chi connectivity index (χ2n) is 6.76. The molecule has 2 fully saturated rings. The highest BCUT2D eigenvalue weighted by Crippen LogP contribution is 2.17. The van der Waals surface area contributed by atoms with Crippen LogP contribution in [0.25, 0.3) is 0 Å². The van der Waals surface area contributed by atoms with Crippen LogP contribution in [-0.4, -0.2) is 67.8 Å². The molecule has 124 valence electrons. The summed E-state index contributed by atoms with van der Waals surface area (Å²) in [4.78, 5) is 16.6. The lowest BCUT2D eigenvalue weighted by Gasteiger charge is -2.36. The van der Waals surface area contributed by atoms with E-state index in [1.54, 1.807) is 0 Å². The Morgan fingerprint density at radius 1 is 1.18 bits per heavy atom. The summed E-state index contributed by atoms with van der Waals surface area (Å²) in [6, 6.07) is 0.117. The van der Waals surface area contributed by atoms with Gasteiger partial charge in [0.05, 0.1) is 6.10 Å². The van der Waals surface area contributed by atoms with E-state index >= 15 is 0 Å². The van der Waals surface area contributed by atoms with Crippen molar-refractivity contribution >= 4 is 6.03 Å². The first-order valence-electron chi connectivity index (χ1n) is 8.83. The molecule has 2 unspecified atom stereocenters. The van der Waals surface area contributed by atoms with Crippen LogP contribution >= 0.6 is 0 Å². The van der Waals surface area contributed by atoms with Gasteiger partial charge in [0.25, 0.3) is 0 Å². The number of hydrogen-bond donors (Lipinski definition) is 1. The summed E-state index contributed by atoms with van der Waals surface area (Å²) in [6.45, 7) is 6.39. The summed E-state index contributed by atoms with van der Waals surface area (Å²) in [7, 11) is 0. The molecule has 3 aliphatic rings. The molecular weight excluding hydrogens is 278 g/mol. The van der Waals surface area contributed by atoms with Crippen LogP contribution in [0.1, 0.15) is 32.1 Å². The second kappa shape index (κ2) is 7.97. The van der Waals surface area contributed by atoms with Gasteiger partial charge in [-0.25, -0.2) is 4.79 Å². The molecule has 0 aromatic heterocycles. The maximum Gasteiger partial charge on any atom is 0.317 e. The van der Waals surface area contributed by atoms with Crippen LogP contribution in [0, 0.1) is 5.92 Å². The number of nitrogens with one attached hydrogen (secondary N) is 1. The van der Waals surface area contributed by atoms with E-state index in [9.17, 15) is 4.79 Å². The Labute approximate surface area is 133 Å². The van der Waals surface area contributed by atoms with Crippen molar-refractivity contribution in [2.75, 3.05) is 45.9 Å². The molecule has 1 aliphatic carbocycles. The lowest BCUT2D eigenvalue weighted by atomic mass is 9.94. The quantitative estimate of drug-likeness (QED) is 0.806. The molecule has 5 heteroatoms. The third-order valence-corrected chi connectivity index (χ3v) is 5.06. The SMILES string of the molecule is O=C(NCC1CC=CCC1)N1CCN(CC2CCCO2)CC1. The fourth-order valence-electron chi connectivity index (χ4n) is 3.59. The molecule has 5 nitrogen and oxygen atoms in total. The van der Waals surface area contributed by atoms with Gasteiger partial charge < -0.3 is 15.0 Å². The van der Waals surface area contributed by atoms with E-state index in [1.807, 2.05) is 4.90 Å². The van der Waals surface area contributed by atoms with Crippen LogP contribution in [-0.2, 0) is 4.74 Å². The van der Waals surface area contributed by atoms with Gasteiger partial charge in [-0.3, -0.25) is 4.90 Å². The summed E-state index contributed by atoms with van der Waals surface area (Å²) < 4.78 is 5.70. The van der Waals surface area contributed by atoms with Crippen molar-refractivity contribution in [3.63, 3.8) is 0 Å². The minimum absolute atomic E-state index is 0.117. The van der Waals surface area contributed by atoms with Gasteiger partial charge in [-0.1, -0.05) is 12.2 Å². The Kier molecular flexibility index (Phi) is 5.73. The van der Waals surface area contributed by atoms with Crippen molar-refractivity contribution in [1.82, 2.24) is 15.1 Å². The standard InChI is InChI=1S/C17H29N3O2/c21-17(18-13-15-5-2-1-3-6-15)20-10-8-19(9-11-20)14-16-7-4-12-22-16/h1-2,15-16H,3-14H2,(H,18,21). The van der Waals surface area contributed by atoms with Gasteiger partial charge in [-0.15, -0.1) is 0 Å². The Morgan fingerprint density at radius 2 is 2.05 bits per heavy atom. The Balaban J connectivity index is 1.33. The highest BCUT2D eigenvalue weighted by molar-refractivity contribution is 5.74. The predicted molar refractivity (Wildman–Crippen MR) is 86.9 cm³/mol. The first-order chi connectivity index (χ1) is 10.8. The predicted octanol–water partition coefficient (Wildman–Crippen LogP) is 1.85. The highest BCUT2D eigenvalue weighted by Gasteiger charge is 2.25. The van der Waals surface area contributed by atoms with Crippen LogP contribution in [0.3, 0.4) is 0 Å². The van der Waals surface area contributed by atoms with Crippen LogP contribution in [0.2, 0.25) is 0 Å². The smallest absolute Gasteiger partial charge is 0.317 e. The summed E-state index contributed by atoms with van der Waals surface area (Å²) >= 11 is 0. The number of piperazine rings is 1. The van der Waals surface area contributed by atoms with Gasteiger partial charge >= 0.3 is 6.03 Å². The largest absolute Gasteiger partial charge is 0.377 e. The fourth-order valence-corrected chi connectivity index (χ4v) is 3.59. The lowest BCUT2D eigenvalue weighted by Crippen LogP contribution is -2.53. The average Bonchev–Trinajstić information content (AvgIpc) is 3.07. The van der Waals surface area contributed by atoms with E-state index in [-0.39, 0.29) is 6.03 Å². The molecule has 0 radical (unpaired) electrons. The number of carbonyl (C=O) groups is 1. The van der Waals surface area contributed by atoms with Gasteiger partial charge in [0.15, 0.2) is 0 Å². The number of amides is 2. The van der Waals surface area contributed by atoms with E-state index in [0.29, 0.717) is 12.0 Å². The maximum atomic E-state index is 12.2. The zero-order valence-electron chi connectivity index (χ0n) is 13.5. The molecule has 2 atom stereocenters. The van der Waals surface area contributed by atoms with Crippen molar-refractivity contribution in [2.45, 2.75) is 38.2 Å². The molecule has 0 saturated carbocycles. The van der Waals surface area contributed by atoms with Gasteiger partial charge in [0, 0.05) is 45.9 Å². The number of urea groups is 1. The fraction of sp³-hybridized carbons (Fsp3) is 0.824. The van der Waals surface area contributed by atoms with Crippen LogP contribution < -0.4 is 5.32 Å². The number of carbonyl (C=O) groups excluding carboxylic acids is 1. The zero-order valence-corrected chi connectivity index (χ0v) is 13.5. The molecule has 22 heavy (non-hydrogen) atoms. The molecule has 1 N–H and O–H groups in total. The molecular formula is C17H29N3O2. The van der Waals surface area contributed by atoms with Crippen LogP contribution in [0.4, 0.5) is 4.79 Å². The topological polar surface area (TPSA) is 44.8 Å². The monoisotopic (exact) mass is 307 g/mol. The molecule has 2 aliphatic heterocycles. The summed E-state index contributed by atoms with van der Waals surface area (Å²) in [6.07, 6.45) is 10.7. The number of rotatable bonds is 4. The van der Waals surface area contributed by atoms with Crippen molar-refractivity contribution < 1.29 is 9.53 Å². The second-order valence-corrected chi connectivity index (χ2v) is 6.76. The number of nitrogens with zero attached hydrogens (tertiary/aromatic N) is 2. The zero-order chi connectivity index (χ0) is 15.2. The normalized spacial score (nSPS) is 29.7. The summed E-state index contributed by atoms with van der Waals surface area (Å²) in [5.74, 6) is 0.620. The third kappa shape index (κ3) is 4.46. The Morgan fingerprint density at radius 3 is 2.73 bits per heavy atom. The van der Waals surface area contributed by atoms with Gasteiger partial charge in [0.2, 0.25) is 0 Å². The number of allylic oxidation sites excluding steroid dienone is 2. The molecule has 0 aromatic rings. The highest BCUT2D eigenvalue weighted by atomic mass is 16.5. The van der Waals surface area contributed by atoms with Gasteiger partial charge in [-0.2, -0.15) is 0 Å². The number of ether oxygens (including phenoxy) is 1. The average molecular weight is 307 g/mol. The van der Waals surface area contributed by atoms with Crippen LogP contribution in [0.5, 0.6) is 0 Å².